The van der Waals surface area contributed by atoms with Gasteiger partial charge in [-0.1, -0.05) is 0 Å². The first-order chi connectivity index (χ1) is 8.76. The summed E-state index contributed by atoms with van der Waals surface area (Å²) in [6, 6.07) is 0. The van der Waals surface area contributed by atoms with Crippen molar-refractivity contribution in [3.8, 4) is 0 Å². The largest absolute Gasteiger partial charge is 0.367 e. The van der Waals surface area contributed by atoms with E-state index in [-0.39, 0.29) is 29.6 Å². The number of aromatic nitrogens is 2. The van der Waals surface area contributed by atoms with E-state index in [0.717, 1.165) is 6.26 Å². The van der Waals surface area contributed by atoms with E-state index in [0.29, 0.717) is 0 Å². The molecule has 106 valence electrons. The average molecular weight is 289 g/mol. The normalized spacial score (nSPS) is 11.1. The van der Waals surface area contributed by atoms with Gasteiger partial charge in [-0.3, -0.25) is 10.1 Å². The van der Waals surface area contributed by atoms with Crippen molar-refractivity contribution in [1.82, 2.24) is 9.97 Å². The second kappa shape index (κ2) is 5.78. The molecule has 0 amide bonds. The van der Waals surface area contributed by atoms with Crippen LogP contribution in [0.3, 0.4) is 0 Å². The molecule has 1 aromatic heterocycles. The molecule has 0 radical (unpaired) electrons. The van der Waals surface area contributed by atoms with Crippen molar-refractivity contribution in [2.75, 3.05) is 42.9 Å². The molecular weight excluding hydrogens is 274 g/mol. The van der Waals surface area contributed by atoms with Crippen LogP contribution in [0.4, 0.5) is 17.3 Å². The zero-order valence-electron chi connectivity index (χ0n) is 10.8. The van der Waals surface area contributed by atoms with E-state index in [9.17, 15) is 18.5 Å². The van der Waals surface area contributed by atoms with Gasteiger partial charge in [0.15, 0.2) is 0 Å². The molecule has 0 aliphatic heterocycles. The fourth-order valence-corrected chi connectivity index (χ4v) is 2.01. The Morgan fingerprint density at radius 1 is 1.47 bits per heavy atom. The number of hydrogen-bond acceptors (Lipinski definition) is 8. The Balaban J connectivity index is 3.09. The van der Waals surface area contributed by atoms with Crippen LogP contribution in [0, 0.1) is 10.1 Å². The predicted octanol–water partition coefficient (Wildman–Crippen LogP) is -0.0927. The van der Waals surface area contributed by atoms with Crippen molar-refractivity contribution in [2.45, 2.75) is 0 Å². The van der Waals surface area contributed by atoms with Crippen LogP contribution in [0.2, 0.25) is 0 Å². The van der Waals surface area contributed by atoms with Gasteiger partial charge in [0.25, 0.3) is 0 Å². The van der Waals surface area contributed by atoms with Gasteiger partial charge in [0.1, 0.15) is 16.2 Å². The summed E-state index contributed by atoms with van der Waals surface area (Å²) in [5.41, 5.74) is -0.277. The maximum absolute atomic E-state index is 11.1. The molecule has 9 nitrogen and oxygen atoms in total. The van der Waals surface area contributed by atoms with Crippen molar-refractivity contribution in [1.29, 1.82) is 0 Å². The third-order valence-electron chi connectivity index (χ3n) is 2.38. The summed E-state index contributed by atoms with van der Waals surface area (Å²) in [4.78, 5) is 19.5. The highest BCUT2D eigenvalue weighted by molar-refractivity contribution is 7.90. The van der Waals surface area contributed by atoms with Crippen LogP contribution in [0.25, 0.3) is 0 Å². The molecule has 0 aliphatic carbocycles. The molecule has 1 aromatic rings. The van der Waals surface area contributed by atoms with Gasteiger partial charge in [-0.25, -0.2) is 18.4 Å². The maximum Gasteiger partial charge on any atom is 0.353 e. The molecule has 10 heteroatoms. The van der Waals surface area contributed by atoms with Gasteiger partial charge < -0.3 is 10.2 Å². The summed E-state index contributed by atoms with van der Waals surface area (Å²) in [5, 5.41) is 13.7. The Labute approximate surface area is 110 Å². The van der Waals surface area contributed by atoms with Crippen LogP contribution in [-0.2, 0) is 9.84 Å². The van der Waals surface area contributed by atoms with Gasteiger partial charge in [0.05, 0.1) is 10.7 Å². The lowest BCUT2D eigenvalue weighted by molar-refractivity contribution is -0.383. The van der Waals surface area contributed by atoms with E-state index in [1.807, 2.05) is 0 Å². The summed E-state index contributed by atoms with van der Waals surface area (Å²) in [6.07, 6.45) is 2.29. The van der Waals surface area contributed by atoms with Gasteiger partial charge in [0.2, 0.25) is 11.6 Å². The first-order valence-corrected chi connectivity index (χ1v) is 7.38. The standard InChI is InChI=1S/C9H15N5O4S/c1-10-8-7(14(15)16)9(12-6-11-8)13(2)4-5-19(3,17)18/h6H,4-5H2,1-3H3,(H,10,11,12). The van der Waals surface area contributed by atoms with Gasteiger partial charge in [-0.2, -0.15) is 0 Å². The van der Waals surface area contributed by atoms with Crippen molar-refractivity contribution in [3.63, 3.8) is 0 Å². The molecule has 19 heavy (non-hydrogen) atoms. The number of hydrogen-bond donors (Lipinski definition) is 1. The molecule has 0 fully saturated rings. The minimum Gasteiger partial charge on any atom is -0.367 e. The lowest BCUT2D eigenvalue weighted by Gasteiger charge is -2.17. The molecule has 0 aromatic carbocycles. The molecule has 1 N–H and O–H groups in total. The van der Waals surface area contributed by atoms with Gasteiger partial charge in [-0.05, 0) is 0 Å². The molecule has 0 saturated heterocycles. The lowest BCUT2D eigenvalue weighted by atomic mass is 10.4. The van der Waals surface area contributed by atoms with Gasteiger partial charge >= 0.3 is 5.69 Å². The molecule has 0 unspecified atom stereocenters. The summed E-state index contributed by atoms with van der Waals surface area (Å²) < 4.78 is 22.2. The van der Waals surface area contributed by atoms with E-state index in [2.05, 4.69) is 15.3 Å². The number of nitro groups is 1. The Morgan fingerprint density at radius 3 is 2.58 bits per heavy atom. The van der Waals surface area contributed by atoms with Crippen molar-refractivity contribution in [3.05, 3.63) is 16.4 Å². The van der Waals surface area contributed by atoms with Crippen LogP contribution in [-0.4, -0.2) is 56.0 Å². The lowest BCUT2D eigenvalue weighted by Crippen LogP contribution is -2.26. The summed E-state index contributed by atoms with van der Waals surface area (Å²) in [7, 11) is -0.0954. The van der Waals surface area contributed by atoms with E-state index in [1.165, 1.54) is 18.3 Å². The highest BCUT2D eigenvalue weighted by Crippen LogP contribution is 2.30. The number of nitrogens with one attached hydrogen (secondary N) is 1. The van der Waals surface area contributed by atoms with Crippen LogP contribution >= 0.6 is 0 Å². The molecular formula is C9H15N5O4S. The minimum absolute atomic E-state index is 0.0769. The summed E-state index contributed by atoms with van der Waals surface area (Å²) in [5.74, 6) is 0.0497. The van der Waals surface area contributed by atoms with E-state index in [1.54, 1.807) is 7.05 Å². The molecule has 1 rings (SSSR count). The summed E-state index contributed by atoms with van der Waals surface area (Å²) in [6.45, 7) is 0.111. The predicted molar refractivity (Wildman–Crippen MR) is 71.2 cm³/mol. The van der Waals surface area contributed by atoms with Crippen LogP contribution < -0.4 is 10.2 Å². The second-order valence-electron chi connectivity index (χ2n) is 3.95. The van der Waals surface area contributed by atoms with Crippen molar-refractivity contribution in [2.24, 2.45) is 0 Å². The fourth-order valence-electron chi connectivity index (χ4n) is 1.41. The highest BCUT2D eigenvalue weighted by atomic mass is 32.2. The van der Waals surface area contributed by atoms with Crippen molar-refractivity contribution >= 4 is 27.2 Å². The summed E-state index contributed by atoms with van der Waals surface area (Å²) >= 11 is 0. The molecule has 1 heterocycles. The molecule has 0 atom stereocenters. The van der Waals surface area contributed by atoms with E-state index >= 15 is 0 Å². The van der Waals surface area contributed by atoms with Crippen LogP contribution in [0.15, 0.2) is 6.33 Å². The molecule has 0 saturated carbocycles. The van der Waals surface area contributed by atoms with Gasteiger partial charge in [0, 0.05) is 26.9 Å². The molecule has 0 bridgehead atoms. The number of rotatable bonds is 6. The highest BCUT2D eigenvalue weighted by Gasteiger charge is 2.25. The zero-order valence-corrected chi connectivity index (χ0v) is 11.6. The topological polar surface area (TPSA) is 118 Å². The van der Waals surface area contributed by atoms with E-state index in [4.69, 9.17) is 0 Å². The Hall–Kier alpha value is -1.97. The van der Waals surface area contributed by atoms with E-state index < -0.39 is 14.8 Å². The van der Waals surface area contributed by atoms with Gasteiger partial charge in [-0.15, -0.1) is 0 Å². The first kappa shape index (κ1) is 15.1. The molecule has 0 aliphatic rings. The zero-order chi connectivity index (χ0) is 14.6. The number of nitrogens with zero attached hydrogens (tertiary/aromatic N) is 4. The number of anilines is 2. The third-order valence-corrected chi connectivity index (χ3v) is 3.31. The third kappa shape index (κ3) is 4.02. The minimum atomic E-state index is -3.15. The average Bonchev–Trinajstić information content (AvgIpc) is 2.33. The Bertz CT molecular complexity index is 574. The Kier molecular flexibility index (Phi) is 4.59. The number of sulfone groups is 1. The smallest absolute Gasteiger partial charge is 0.353 e. The maximum atomic E-state index is 11.1. The van der Waals surface area contributed by atoms with Crippen LogP contribution in [0.5, 0.6) is 0 Å². The first-order valence-electron chi connectivity index (χ1n) is 5.32. The second-order valence-corrected chi connectivity index (χ2v) is 6.21. The Morgan fingerprint density at radius 2 is 2.11 bits per heavy atom. The molecule has 0 spiro atoms. The fraction of sp³-hybridized carbons (Fsp3) is 0.556. The van der Waals surface area contributed by atoms with Crippen molar-refractivity contribution < 1.29 is 13.3 Å². The van der Waals surface area contributed by atoms with Crippen LogP contribution in [0.1, 0.15) is 0 Å². The SMILES string of the molecule is CNc1ncnc(N(C)CCS(C)(=O)=O)c1[N+](=O)[O-]. The monoisotopic (exact) mass is 289 g/mol. The quantitative estimate of drug-likeness (QED) is 0.570.